The molecule has 1 saturated carbocycles. The summed E-state index contributed by atoms with van der Waals surface area (Å²) in [7, 11) is 0. The van der Waals surface area contributed by atoms with Gasteiger partial charge in [0.1, 0.15) is 17.2 Å². The first-order valence-electron chi connectivity index (χ1n) is 11.1. The molecule has 0 spiro atoms. The molecule has 1 aliphatic carbocycles. The number of carbonyl (C=O) groups is 1. The zero-order valence-electron chi connectivity index (χ0n) is 17.8. The number of fused-ring (bicyclic) bond motifs is 4. The lowest BCUT2D eigenvalue weighted by molar-refractivity contribution is 0.0750. The van der Waals surface area contributed by atoms with E-state index >= 15 is 0 Å². The predicted octanol–water partition coefficient (Wildman–Crippen LogP) is 4.44. The van der Waals surface area contributed by atoms with Crippen LogP contribution in [0.5, 0.6) is 0 Å². The monoisotopic (exact) mass is 430 g/mol. The molecular formula is C25H23FN4O2. The molecule has 2 aromatic carbocycles. The highest BCUT2D eigenvalue weighted by Crippen LogP contribution is 2.34. The number of hydrogen-bond acceptors (Lipinski definition) is 3. The molecule has 32 heavy (non-hydrogen) atoms. The lowest BCUT2D eigenvalue weighted by atomic mass is 10.0. The number of nitrogens with zero attached hydrogens (tertiary/aromatic N) is 3. The lowest BCUT2D eigenvalue weighted by Gasteiger charge is -2.18. The molecule has 1 fully saturated rings. The standard InChI is InChI=1S/C25H23FN4O2/c1-14-8-21-20(28-24(31)22-11-27-23(30(21)22)15-4-2-3-5-15)10-19(14)25(32)29-12-16-6-7-18(26)9-17(16)13-29/h6-11,15H,2-5,12-13H2,1H3,(H,28,31). The Kier molecular flexibility index (Phi) is 4.22. The largest absolute Gasteiger partial charge is 0.330 e. The molecule has 0 bridgehead atoms. The first-order chi connectivity index (χ1) is 15.5. The second-order valence-electron chi connectivity index (χ2n) is 9.03. The summed E-state index contributed by atoms with van der Waals surface area (Å²) in [5.74, 6) is 0.875. The molecule has 6 nitrogen and oxygen atoms in total. The fourth-order valence-electron chi connectivity index (χ4n) is 5.32. The Balaban J connectivity index is 1.45. The normalized spacial score (nSPS) is 16.4. The van der Waals surface area contributed by atoms with Crippen LogP contribution in [0.3, 0.4) is 0 Å². The number of aromatic nitrogens is 3. The van der Waals surface area contributed by atoms with E-state index in [0.29, 0.717) is 35.6 Å². The number of imidazole rings is 1. The molecule has 0 atom stereocenters. The first kappa shape index (κ1) is 19.2. The van der Waals surface area contributed by atoms with Crippen molar-refractivity contribution in [3.8, 4) is 0 Å². The van der Waals surface area contributed by atoms with Gasteiger partial charge in [0.05, 0.1) is 17.2 Å². The van der Waals surface area contributed by atoms with E-state index in [1.807, 2.05) is 17.4 Å². The van der Waals surface area contributed by atoms with Crippen LogP contribution < -0.4 is 5.56 Å². The van der Waals surface area contributed by atoms with Gasteiger partial charge in [-0.2, -0.15) is 0 Å². The summed E-state index contributed by atoms with van der Waals surface area (Å²) in [5, 5.41) is 0. The smallest absolute Gasteiger partial charge is 0.274 e. The predicted molar refractivity (Wildman–Crippen MR) is 119 cm³/mol. The van der Waals surface area contributed by atoms with Crippen LogP contribution in [0.15, 0.2) is 41.3 Å². The SMILES string of the molecule is Cc1cc2c(cc1C(=O)N1Cc3ccc(F)cc3C1)[nH]c(=O)c1cnc(C3CCCC3)n12. The summed E-state index contributed by atoms with van der Waals surface area (Å²) in [4.78, 5) is 35.4. The van der Waals surface area contributed by atoms with Crippen LogP contribution in [0.1, 0.15) is 64.5 Å². The summed E-state index contributed by atoms with van der Waals surface area (Å²) in [6.07, 6.45) is 6.18. The number of halogens is 1. The van der Waals surface area contributed by atoms with E-state index in [1.165, 1.54) is 25.0 Å². The van der Waals surface area contributed by atoms with Crippen molar-refractivity contribution in [2.75, 3.05) is 0 Å². The Labute approximate surface area is 183 Å². The number of hydrogen-bond donors (Lipinski definition) is 1. The van der Waals surface area contributed by atoms with Crippen LogP contribution in [0.4, 0.5) is 4.39 Å². The molecule has 6 rings (SSSR count). The van der Waals surface area contributed by atoms with Crippen LogP contribution >= 0.6 is 0 Å². The molecule has 1 amide bonds. The summed E-state index contributed by atoms with van der Waals surface area (Å²) in [6.45, 7) is 2.75. The van der Waals surface area contributed by atoms with E-state index in [0.717, 1.165) is 40.9 Å². The van der Waals surface area contributed by atoms with Crippen molar-refractivity contribution in [1.82, 2.24) is 19.3 Å². The molecule has 1 aliphatic heterocycles. The Morgan fingerprint density at radius 2 is 1.88 bits per heavy atom. The van der Waals surface area contributed by atoms with E-state index in [4.69, 9.17) is 0 Å². The maximum absolute atomic E-state index is 13.6. The van der Waals surface area contributed by atoms with Gasteiger partial charge in [0.25, 0.3) is 11.5 Å². The third-order valence-corrected chi connectivity index (χ3v) is 6.98. The Morgan fingerprint density at radius 1 is 1.09 bits per heavy atom. The fraction of sp³-hybridized carbons (Fsp3) is 0.320. The lowest BCUT2D eigenvalue weighted by Crippen LogP contribution is -2.26. The molecule has 2 aromatic heterocycles. The van der Waals surface area contributed by atoms with Gasteiger partial charge in [-0.15, -0.1) is 0 Å². The molecule has 3 heterocycles. The first-order valence-corrected chi connectivity index (χ1v) is 11.1. The van der Waals surface area contributed by atoms with Gasteiger partial charge in [-0.25, -0.2) is 9.37 Å². The van der Waals surface area contributed by atoms with Gasteiger partial charge >= 0.3 is 0 Å². The maximum Gasteiger partial charge on any atom is 0.274 e. The molecule has 4 aromatic rings. The van der Waals surface area contributed by atoms with E-state index < -0.39 is 0 Å². The molecule has 1 N–H and O–H groups in total. The van der Waals surface area contributed by atoms with E-state index in [9.17, 15) is 14.0 Å². The number of aromatic amines is 1. The molecule has 162 valence electrons. The number of H-pyrrole nitrogens is 1. The minimum Gasteiger partial charge on any atom is -0.330 e. The molecule has 0 saturated heterocycles. The Hall–Kier alpha value is -3.48. The van der Waals surface area contributed by atoms with Gasteiger partial charge < -0.3 is 9.88 Å². The highest BCUT2D eigenvalue weighted by molar-refractivity contribution is 5.99. The highest BCUT2D eigenvalue weighted by Gasteiger charge is 2.27. The van der Waals surface area contributed by atoms with Gasteiger partial charge in [-0.1, -0.05) is 18.9 Å². The van der Waals surface area contributed by atoms with Crippen LogP contribution in [0.2, 0.25) is 0 Å². The summed E-state index contributed by atoms with van der Waals surface area (Å²) < 4.78 is 15.6. The van der Waals surface area contributed by atoms with Crippen LogP contribution in [0.25, 0.3) is 16.6 Å². The Bertz CT molecular complexity index is 1460. The number of carbonyl (C=O) groups excluding carboxylic acids is 1. The van der Waals surface area contributed by atoms with Gasteiger partial charge in [0.15, 0.2) is 0 Å². The maximum atomic E-state index is 13.6. The summed E-state index contributed by atoms with van der Waals surface area (Å²) in [5.41, 5.74) is 5.00. The van der Waals surface area contributed by atoms with Crippen molar-refractivity contribution in [3.05, 3.63) is 80.8 Å². The van der Waals surface area contributed by atoms with E-state index in [2.05, 4.69) is 9.97 Å². The number of aryl methyl sites for hydroxylation is 1. The zero-order valence-corrected chi connectivity index (χ0v) is 17.8. The van der Waals surface area contributed by atoms with Crippen molar-refractivity contribution in [1.29, 1.82) is 0 Å². The third kappa shape index (κ3) is 2.87. The molecule has 7 heteroatoms. The van der Waals surface area contributed by atoms with Crippen LogP contribution in [-0.2, 0) is 13.1 Å². The van der Waals surface area contributed by atoms with E-state index in [-0.39, 0.29) is 17.3 Å². The minimum atomic E-state index is -0.292. The van der Waals surface area contributed by atoms with Gasteiger partial charge in [0.2, 0.25) is 0 Å². The third-order valence-electron chi connectivity index (χ3n) is 6.98. The number of amides is 1. The van der Waals surface area contributed by atoms with Crippen molar-refractivity contribution in [3.63, 3.8) is 0 Å². The van der Waals surface area contributed by atoms with Crippen molar-refractivity contribution in [2.24, 2.45) is 0 Å². The van der Waals surface area contributed by atoms with Gasteiger partial charge in [-0.05, 0) is 60.7 Å². The van der Waals surface area contributed by atoms with Crippen LogP contribution in [-0.4, -0.2) is 25.2 Å². The van der Waals surface area contributed by atoms with Crippen molar-refractivity contribution < 1.29 is 9.18 Å². The number of rotatable bonds is 2. The topological polar surface area (TPSA) is 70.5 Å². The number of benzene rings is 2. The minimum absolute atomic E-state index is 0.122. The summed E-state index contributed by atoms with van der Waals surface area (Å²) >= 11 is 0. The van der Waals surface area contributed by atoms with Crippen molar-refractivity contribution in [2.45, 2.75) is 51.6 Å². The van der Waals surface area contributed by atoms with E-state index in [1.54, 1.807) is 23.2 Å². The summed E-state index contributed by atoms with van der Waals surface area (Å²) in [6, 6.07) is 8.40. The van der Waals surface area contributed by atoms with Crippen molar-refractivity contribution >= 4 is 22.5 Å². The molecular weight excluding hydrogens is 407 g/mol. The average molecular weight is 430 g/mol. The highest BCUT2D eigenvalue weighted by atomic mass is 19.1. The van der Waals surface area contributed by atoms with Gasteiger partial charge in [-0.3, -0.25) is 14.0 Å². The quantitative estimate of drug-likeness (QED) is 0.511. The second-order valence-corrected chi connectivity index (χ2v) is 9.03. The number of nitrogens with one attached hydrogen (secondary N) is 1. The van der Waals surface area contributed by atoms with Crippen LogP contribution in [0, 0.1) is 12.7 Å². The molecule has 0 radical (unpaired) electrons. The average Bonchev–Trinajstić information content (AvgIpc) is 3.52. The zero-order chi connectivity index (χ0) is 22.0. The molecule has 2 aliphatic rings. The Morgan fingerprint density at radius 3 is 2.69 bits per heavy atom. The fourth-order valence-corrected chi connectivity index (χ4v) is 5.32. The second kappa shape index (κ2) is 7.02. The molecule has 0 unspecified atom stereocenters. The van der Waals surface area contributed by atoms with Gasteiger partial charge in [0, 0.05) is 24.6 Å².